The SMILES string of the molecule is N#Cc1ccc(N2CCN(c3ccc(NC(=O)c4ccc(O)cc4)cc3)CC2)nc1. The van der Waals surface area contributed by atoms with Crippen molar-refractivity contribution in [3.8, 4) is 11.8 Å². The number of rotatable bonds is 4. The van der Waals surface area contributed by atoms with Crippen LogP contribution in [0.3, 0.4) is 0 Å². The summed E-state index contributed by atoms with van der Waals surface area (Å²) in [6.07, 6.45) is 1.60. The number of piperazine rings is 1. The molecule has 0 saturated carbocycles. The summed E-state index contributed by atoms with van der Waals surface area (Å²) in [6.45, 7) is 3.41. The molecule has 1 aliphatic rings. The summed E-state index contributed by atoms with van der Waals surface area (Å²) in [6, 6.07) is 19.7. The predicted octanol–water partition coefficient (Wildman–Crippen LogP) is 3.24. The monoisotopic (exact) mass is 399 g/mol. The predicted molar refractivity (Wildman–Crippen MR) is 116 cm³/mol. The van der Waals surface area contributed by atoms with Crippen LogP contribution in [0.4, 0.5) is 17.2 Å². The molecule has 2 N–H and O–H groups in total. The minimum Gasteiger partial charge on any atom is -0.508 e. The van der Waals surface area contributed by atoms with Gasteiger partial charge in [-0.3, -0.25) is 4.79 Å². The van der Waals surface area contributed by atoms with Gasteiger partial charge in [-0.15, -0.1) is 0 Å². The van der Waals surface area contributed by atoms with Crippen LogP contribution < -0.4 is 15.1 Å². The minimum atomic E-state index is -0.216. The van der Waals surface area contributed by atoms with Gasteiger partial charge in [0.1, 0.15) is 17.6 Å². The number of phenolic OH excluding ortho intramolecular Hbond substituents is 1. The van der Waals surface area contributed by atoms with Crippen molar-refractivity contribution in [3.63, 3.8) is 0 Å². The van der Waals surface area contributed by atoms with Crippen molar-refractivity contribution in [3.05, 3.63) is 78.0 Å². The van der Waals surface area contributed by atoms with E-state index < -0.39 is 0 Å². The molecule has 30 heavy (non-hydrogen) atoms. The topological polar surface area (TPSA) is 92.5 Å². The third kappa shape index (κ3) is 4.33. The number of anilines is 3. The molecule has 0 atom stereocenters. The number of pyridine rings is 1. The first-order valence-corrected chi connectivity index (χ1v) is 9.69. The molecule has 2 heterocycles. The molecule has 1 amide bonds. The highest BCUT2D eigenvalue weighted by Gasteiger charge is 2.18. The van der Waals surface area contributed by atoms with Gasteiger partial charge in [0.15, 0.2) is 0 Å². The summed E-state index contributed by atoms with van der Waals surface area (Å²) in [7, 11) is 0. The number of carbonyl (C=O) groups excluding carboxylic acids is 1. The van der Waals surface area contributed by atoms with Gasteiger partial charge in [-0.1, -0.05) is 0 Å². The Hall–Kier alpha value is -4.05. The van der Waals surface area contributed by atoms with E-state index in [0.29, 0.717) is 11.1 Å². The van der Waals surface area contributed by atoms with E-state index in [0.717, 1.165) is 43.4 Å². The third-order valence-electron chi connectivity index (χ3n) is 5.10. The molecule has 1 saturated heterocycles. The normalized spacial score (nSPS) is 13.6. The maximum absolute atomic E-state index is 12.3. The molecule has 0 spiro atoms. The van der Waals surface area contributed by atoms with Gasteiger partial charge in [0.25, 0.3) is 5.91 Å². The summed E-state index contributed by atoms with van der Waals surface area (Å²) in [5.74, 6) is 0.804. The van der Waals surface area contributed by atoms with Crippen molar-refractivity contribution in [2.45, 2.75) is 0 Å². The average molecular weight is 399 g/mol. The smallest absolute Gasteiger partial charge is 0.255 e. The van der Waals surface area contributed by atoms with Crippen LogP contribution >= 0.6 is 0 Å². The van der Waals surface area contributed by atoms with Gasteiger partial charge in [-0.2, -0.15) is 5.26 Å². The first kappa shape index (κ1) is 19.3. The summed E-state index contributed by atoms with van der Waals surface area (Å²) in [4.78, 5) is 21.2. The molecule has 150 valence electrons. The van der Waals surface area contributed by atoms with Crippen molar-refractivity contribution in [2.24, 2.45) is 0 Å². The fourth-order valence-electron chi connectivity index (χ4n) is 3.40. The first-order chi connectivity index (χ1) is 14.6. The number of aromatic hydroxyl groups is 1. The van der Waals surface area contributed by atoms with Crippen LogP contribution in [0.1, 0.15) is 15.9 Å². The standard InChI is InChI=1S/C23H21N5O2/c24-15-17-1-10-22(25-16-17)28-13-11-27(12-14-28)20-6-4-19(5-7-20)26-23(30)18-2-8-21(29)9-3-18/h1-10,16,29H,11-14H2,(H,26,30). The molecular weight excluding hydrogens is 378 g/mol. The van der Waals surface area contributed by atoms with Gasteiger partial charge < -0.3 is 20.2 Å². The zero-order valence-corrected chi connectivity index (χ0v) is 16.3. The largest absolute Gasteiger partial charge is 0.508 e. The Balaban J connectivity index is 1.34. The molecule has 1 aliphatic heterocycles. The molecule has 0 unspecified atom stereocenters. The molecule has 7 nitrogen and oxygen atoms in total. The van der Waals surface area contributed by atoms with Gasteiger partial charge in [0, 0.05) is 49.3 Å². The van der Waals surface area contributed by atoms with E-state index >= 15 is 0 Å². The van der Waals surface area contributed by atoms with Crippen LogP contribution in [0, 0.1) is 11.3 Å². The van der Waals surface area contributed by atoms with E-state index in [-0.39, 0.29) is 11.7 Å². The van der Waals surface area contributed by atoms with Crippen LogP contribution in [-0.2, 0) is 0 Å². The first-order valence-electron chi connectivity index (χ1n) is 9.69. The average Bonchev–Trinajstić information content (AvgIpc) is 2.80. The van der Waals surface area contributed by atoms with Crippen molar-refractivity contribution in [1.82, 2.24) is 4.98 Å². The van der Waals surface area contributed by atoms with Gasteiger partial charge in [0.05, 0.1) is 5.56 Å². The summed E-state index contributed by atoms with van der Waals surface area (Å²) in [5.41, 5.74) is 2.88. The van der Waals surface area contributed by atoms with Gasteiger partial charge in [-0.25, -0.2) is 4.98 Å². The van der Waals surface area contributed by atoms with Crippen LogP contribution in [0.2, 0.25) is 0 Å². The number of nitrogens with one attached hydrogen (secondary N) is 1. The van der Waals surface area contributed by atoms with Crippen molar-refractivity contribution in [2.75, 3.05) is 41.3 Å². The molecule has 2 aromatic carbocycles. The van der Waals surface area contributed by atoms with Crippen LogP contribution in [0.25, 0.3) is 0 Å². The fraction of sp³-hybridized carbons (Fsp3) is 0.174. The maximum atomic E-state index is 12.3. The molecule has 0 bridgehead atoms. The Morgan fingerprint density at radius 1 is 0.933 bits per heavy atom. The fourth-order valence-corrected chi connectivity index (χ4v) is 3.40. The number of nitrogens with zero attached hydrogens (tertiary/aromatic N) is 4. The van der Waals surface area contributed by atoms with Crippen molar-refractivity contribution >= 4 is 23.1 Å². The van der Waals surface area contributed by atoms with E-state index in [4.69, 9.17) is 5.26 Å². The van der Waals surface area contributed by atoms with E-state index in [9.17, 15) is 9.90 Å². The van der Waals surface area contributed by atoms with Crippen molar-refractivity contribution in [1.29, 1.82) is 5.26 Å². The van der Waals surface area contributed by atoms with Gasteiger partial charge in [-0.05, 0) is 60.7 Å². The number of amides is 1. The second kappa shape index (κ2) is 8.53. The maximum Gasteiger partial charge on any atom is 0.255 e. The molecule has 7 heteroatoms. The lowest BCUT2D eigenvalue weighted by atomic mass is 10.2. The van der Waals surface area contributed by atoms with E-state index in [1.807, 2.05) is 30.3 Å². The Bertz CT molecular complexity index is 1050. The van der Waals surface area contributed by atoms with Gasteiger partial charge in [0.2, 0.25) is 0 Å². The minimum absolute atomic E-state index is 0.131. The summed E-state index contributed by atoms with van der Waals surface area (Å²) >= 11 is 0. The highest BCUT2D eigenvalue weighted by Crippen LogP contribution is 2.22. The van der Waals surface area contributed by atoms with E-state index in [1.54, 1.807) is 24.4 Å². The third-order valence-corrected chi connectivity index (χ3v) is 5.10. The Morgan fingerprint density at radius 3 is 2.20 bits per heavy atom. The van der Waals surface area contributed by atoms with E-state index in [2.05, 4.69) is 26.2 Å². The molecular formula is C23H21N5O2. The second-order valence-corrected chi connectivity index (χ2v) is 7.04. The second-order valence-electron chi connectivity index (χ2n) is 7.04. The van der Waals surface area contributed by atoms with Crippen LogP contribution in [0.5, 0.6) is 5.75 Å². The summed E-state index contributed by atoms with van der Waals surface area (Å²) in [5, 5.41) is 21.1. The Kier molecular flexibility index (Phi) is 5.48. The lowest BCUT2D eigenvalue weighted by molar-refractivity contribution is 0.102. The quantitative estimate of drug-likeness (QED) is 0.700. The molecule has 1 fully saturated rings. The molecule has 0 aliphatic carbocycles. The summed E-state index contributed by atoms with van der Waals surface area (Å²) < 4.78 is 0. The Labute approximate surface area is 174 Å². The number of phenols is 1. The highest BCUT2D eigenvalue weighted by molar-refractivity contribution is 6.04. The lowest BCUT2D eigenvalue weighted by Gasteiger charge is -2.36. The van der Waals surface area contributed by atoms with E-state index in [1.165, 1.54) is 12.1 Å². The molecule has 1 aromatic heterocycles. The number of hydrogen-bond acceptors (Lipinski definition) is 6. The molecule has 3 aromatic rings. The van der Waals surface area contributed by atoms with Crippen LogP contribution in [0.15, 0.2) is 66.9 Å². The van der Waals surface area contributed by atoms with Gasteiger partial charge >= 0.3 is 0 Å². The molecule has 4 rings (SSSR count). The number of aromatic nitrogens is 1. The zero-order chi connectivity index (χ0) is 20.9. The lowest BCUT2D eigenvalue weighted by Crippen LogP contribution is -2.46. The van der Waals surface area contributed by atoms with Crippen LogP contribution in [-0.4, -0.2) is 42.2 Å². The highest BCUT2D eigenvalue weighted by atomic mass is 16.3. The Morgan fingerprint density at radius 2 is 1.60 bits per heavy atom. The van der Waals surface area contributed by atoms with Crippen molar-refractivity contribution < 1.29 is 9.90 Å². The number of nitriles is 1. The number of hydrogen-bond donors (Lipinski definition) is 2. The zero-order valence-electron chi connectivity index (χ0n) is 16.3. The molecule has 0 radical (unpaired) electrons. The number of carbonyl (C=O) groups is 1. The number of benzene rings is 2.